The van der Waals surface area contributed by atoms with Crippen LogP contribution in [0, 0.1) is 6.92 Å². The number of carbonyl (C=O) groups excluding carboxylic acids is 1. The maximum absolute atomic E-state index is 12.5. The molecule has 1 N–H and O–H groups in total. The number of benzene rings is 1. The number of hydrogen-bond donors (Lipinski definition) is 1. The third-order valence-electron chi connectivity index (χ3n) is 4.49. The molecule has 1 aromatic carbocycles. The Labute approximate surface area is 146 Å². The fourth-order valence-corrected chi connectivity index (χ4v) is 3.42. The van der Waals surface area contributed by atoms with E-state index in [1.807, 2.05) is 24.0 Å². The molecule has 1 saturated heterocycles. The smallest absolute Gasteiger partial charge is 0.303 e. The van der Waals surface area contributed by atoms with Gasteiger partial charge in [0.05, 0.1) is 0 Å². The number of nitrogens with zero attached hydrogens (tertiary/aromatic N) is 1. The molecule has 23 heavy (non-hydrogen) atoms. The highest BCUT2D eigenvalue weighted by molar-refractivity contribution is 9.10. The second-order valence-electron chi connectivity index (χ2n) is 6.25. The molecular formula is C18H24BrNO3. The fraction of sp³-hybridized carbons (Fsp3) is 0.556. The van der Waals surface area contributed by atoms with E-state index in [9.17, 15) is 9.59 Å². The molecule has 0 aliphatic carbocycles. The van der Waals surface area contributed by atoms with Gasteiger partial charge in [-0.2, -0.15) is 0 Å². The van der Waals surface area contributed by atoms with Crippen molar-refractivity contribution in [1.29, 1.82) is 0 Å². The van der Waals surface area contributed by atoms with Gasteiger partial charge in [-0.1, -0.05) is 28.1 Å². The zero-order chi connectivity index (χ0) is 16.8. The average molecular weight is 382 g/mol. The van der Waals surface area contributed by atoms with Gasteiger partial charge in [-0.15, -0.1) is 0 Å². The highest BCUT2D eigenvalue weighted by Gasteiger charge is 2.26. The highest BCUT2D eigenvalue weighted by atomic mass is 79.9. The quantitative estimate of drug-likeness (QED) is 0.811. The maximum Gasteiger partial charge on any atom is 0.303 e. The van der Waals surface area contributed by atoms with Gasteiger partial charge in [-0.05, 0) is 56.2 Å². The van der Waals surface area contributed by atoms with E-state index >= 15 is 0 Å². The normalized spacial score (nSPS) is 18.0. The molecule has 1 fully saturated rings. The molecule has 4 nitrogen and oxygen atoms in total. The molecule has 0 aromatic heterocycles. The Morgan fingerprint density at radius 3 is 2.78 bits per heavy atom. The number of carbonyl (C=O) groups is 2. The molecule has 0 spiro atoms. The lowest BCUT2D eigenvalue weighted by atomic mass is 9.97. The number of carboxylic acids is 1. The third kappa shape index (κ3) is 5.34. The molecule has 1 aliphatic rings. The number of piperidine rings is 1. The molecule has 5 heteroatoms. The summed E-state index contributed by atoms with van der Waals surface area (Å²) in [5.74, 6) is -0.631. The summed E-state index contributed by atoms with van der Waals surface area (Å²) in [5, 5.41) is 8.86. The fourth-order valence-electron chi connectivity index (χ4n) is 3.18. The van der Waals surface area contributed by atoms with Crippen LogP contribution in [0.3, 0.4) is 0 Å². The van der Waals surface area contributed by atoms with E-state index in [1.54, 1.807) is 0 Å². The van der Waals surface area contributed by atoms with Gasteiger partial charge in [-0.3, -0.25) is 9.59 Å². The van der Waals surface area contributed by atoms with Crippen LogP contribution < -0.4 is 0 Å². The van der Waals surface area contributed by atoms with E-state index in [-0.39, 0.29) is 18.4 Å². The molecule has 2 rings (SSSR count). The molecule has 0 radical (unpaired) electrons. The van der Waals surface area contributed by atoms with Crippen molar-refractivity contribution in [2.45, 2.75) is 57.9 Å². The van der Waals surface area contributed by atoms with Crippen molar-refractivity contribution >= 4 is 27.8 Å². The van der Waals surface area contributed by atoms with Crippen molar-refractivity contribution in [2.24, 2.45) is 0 Å². The first-order valence-corrected chi connectivity index (χ1v) is 9.03. The molecule has 1 aromatic rings. The number of carboxylic acid groups (broad SMARTS) is 1. The molecule has 1 atom stereocenters. The van der Waals surface area contributed by atoms with E-state index < -0.39 is 5.97 Å². The Kier molecular flexibility index (Phi) is 6.63. The van der Waals surface area contributed by atoms with Crippen molar-refractivity contribution < 1.29 is 14.7 Å². The van der Waals surface area contributed by atoms with Crippen molar-refractivity contribution in [3.63, 3.8) is 0 Å². The molecule has 1 heterocycles. The lowest BCUT2D eigenvalue weighted by Crippen LogP contribution is -2.44. The second kappa shape index (κ2) is 8.48. The minimum atomic E-state index is -0.784. The van der Waals surface area contributed by atoms with E-state index in [2.05, 4.69) is 22.0 Å². The van der Waals surface area contributed by atoms with Crippen LogP contribution in [0.25, 0.3) is 0 Å². The molecule has 1 unspecified atom stereocenters. The molecule has 0 saturated carbocycles. The number of aryl methyl sites for hydroxylation is 2. The zero-order valence-electron chi connectivity index (χ0n) is 13.6. The van der Waals surface area contributed by atoms with Crippen LogP contribution in [-0.2, 0) is 16.0 Å². The summed E-state index contributed by atoms with van der Waals surface area (Å²) in [4.78, 5) is 25.2. The summed E-state index contributed by atoms with van der Waals surface area (Å²) in [6.45, 7) is 2.81. The number of amides is 1. The van der Waals surface area contributed by atoms with Gasteiger partial charge in [0.15, 0.2) is 0 Å². The van der Waals surface area contributed by atoms with Crippen LogP contribution in [0.15, 0.2) is 22.7 Å². The molecule has 1 amide bonds. The van der Waals surface area contributed by atoms with E-state index in [4.69, 9.17) is 5.11 Å². The molecule has 1 aliphatic heterocycles. The first-order chi connectivity index (χ1) is 11.0. The van der Waals surface area contributed by atoms with E-state index in [0.29, 0.717) is 12.8 Å². The maximum atomic E-state index is 12.5. The van der Waals surface area contributed by atoms with Crippen molar-refractivity contribution in [3.05, 3.63) is 33.8 Å². The number of hydrogen-bond acceptors (Lipinski definition) is 2. The average Bonchev–Trinajstić information content (AvgIpc) is 2.54. The lowest BCUT2D eigenvalue weighted by Gasteiger charge is -2.35. The second-order valence-corrected chi connectivity index (χ2v) is 7.11. The molecular weight excluding hydrogens is 358 g/mol. The summed E-state index contributed by atoms with van der Waals surface area (Å²) >= 11 is 3.49. The van der Waals surface area contributed by atoms with Gasteiger partial charge in [-0.25, -0.2) is 0 Å². The summed E-state index contributed by atoms with van der Waals surface area (Å²) in [5.41, 5.74) is 2.34. The van der Waals surface area contributed by atoms with Gasteiger partial charge in [0, 0.05) is 29.9 Å². The van der Waals surface area contributed by atoms with Gasteiger partial charge in [0.1, 0.15) is 0 Å². The van der Waals surface area contributed by atoms with Crippen LogP contribution in [0.1, 0.15) is 49.7 Å². The summed E-state index contributed by atoms with van der Waals surface area (Å²) in [7, 11) is 0. The van der Waals surface area contributed by atoms with Crippen molar-refractivity contribution in [1.82, 2.24) is 4.90 Å². The zero-order valence-corrected chi connectivity index (χ0v) is 15.1. The van der Waals surface area contributed by atoms with Crippen LogP contribution in [-0.4, -0.2) is 34.5 Å². The Hall–Kier alpha value is -1.36. The minimum Gasteiger partial charge on any atom is -0.481 e. The Morgan fingerprint density at radius 2 is 2.09 bits per heavy atom. The van der Waals surface area contributed by atoms with Crippen LogP contribution in [0.5, 0.6) is 0 Å². The SMILES string of the molecule is Cc1cc(CCC(=O)N2CCCCC2CCC(=O)O)ccc1Br. The number of rotatable bonds is 6. The Morgan fingerprint density at radius 1 is 1.30 bits per heavy atom. The summed E-state index contributed by atoms with van der Waals surface area (Å²) < 4.78 is 1.08. The van der Waals surface area contributed by atoms with Gasteiger partial charge in [0.25, 0.3) is 0 Å². The van der Waals surface area contributed by atoms with E-state index in [1.165, 1.54) is 5.56 Å². The summed E-state index contributed by atoms with van der Waals surface area (Å²) in [6, 6.07) is 6.27. The Balaban J connectivity index is 1.91. The third-order valence-corrected chi connectivity index (χ3v) is 5.38. The van der Waals surface area contributed by atoms with Crippen molar-refractivity contribution in [3.8, 4) is 0 Å². The van der Waals surface area contributed by atoms with Gasteiger partial charge < -0.3 is 10.0 Å². The van der Waals surface area contributed by atoms with Gasteiger partial charge in [0.2, 0.25) is 5.91 Å². The number of halogens is 1. The van der Waals surface area contributed by atoms with Crippen LogP contribution in [0.2, 0.25) is 0 Å². The van der Waals surface area contributed by atoms with Crippen LogP contribution >= 0.6 is 15.9 Å². The lowest BCUT2D eigenvalue weighted by molar-refractivity contribution is -0.140. The molecule has 126 valence electrons. The Bertz CT molecular complexity index is 573. The van der Waals surface area contributed by atoms with Crippen LogP contribution in [0.4, 0.5) is 0 Å². The van der Waals surface area contributed by atoms with Crippen molar-refractivity contribution in [2.75, 3.05) is 6.54 Å². The molecule has 0 bridgehead atoms. The van der Waals surface area contributed by atoms with E-state index in [0.717, 1.165) is 42.3 Å². The minimum absolute atomic E-state index is 0.0963. The number of aliphatic carboxylic acids is 1. The first-order valence-electron chi connectivity index (χ1n) is 8.23. The predicted molar refractivity (Wildman–Crippen MR) is 93.4 cm³/mol. The van der Waals surface area contributed by atoms with Gasteiger partial charge >= 0.3 is 5.97 Å². The first kappa shape index (κ1) is 18.0. The largest absolute Gasteiger partial charge is 0.481 e. The topological polar surface area (TPSA) is 57.6 Å². The predicted octanol–water partition coefficient (Wildman–Crippen LogP) is 3.94. The summed E-state index contributed by atoms with van der Waals surface area (Å²) in [6.07, 6.45) is 4.96. The monoisotopic (exact) mass is 381 g/mol. The highest BCUT2D eigenvalue weighted by Crippen LogP contribution is 2.23. The number of likely N-dealkylation sites (tertiary alicyclic amines) is 1. The standard InChI is InChI=1S/C18H24BrNO3/c1-13-12-14(5-8-16(13)19)6-9-17(21)20-11-3-2-4-15(20)7-10-18(22)23/h5,8,12,15H,2-4,6-7,9-11H2,1H3,(H,22,23).